The van der Waals surface area contributed by atoms with Crippen molar-refractivity contribution in [1.82, 2.24) is 0 Å². The van der Waals surface area contributed by atoms with Gasteiger partial charge >= 0.3 is 0 Å². The van der Waals surface area contributed by atoms with Crippen LogP contribution in [-0.4, -0.2) is 18.5 Å². The molecule has 0 N–H and O–H groups in total. The van der Waals surface area contributed by atoms with Gasteiger partial charge in [0.05, 0.1) is 18.5 Å². The predicted molar refractivity (Wildman–Crippen MR) is 63.4 cm³/mol. The van der Waals surface area contributed by atoms with Crippen LogP contribution in [0.5, 0.6) is 0 Å². The van der Waals surface area contributed by atoms with Crippen LogP contribution in [0.3, 0.4) is 0 Å². The van der Waals surface area contributed by atoms with E-state index in [0.717, 1.165) is 30.2 Å². The Morgan fingerprint density at radius 3 is 2.33 bits per heavy atom. The quantitative estimate of drug-likeness (QED) is 0.778. The van der Waals surface area contributed by atoms with Crippen molar-refractivity contribution < 1.29 is 9.47 Å². The van der Waals surface area contributed by atoms with Crippen LogP contribution in [-0.2, 0) is 15.3 Å². The van der Waals surface area contributed by atoms with Gasteiger partial charge in [-0.1, -0.05) is 39.7 Å². The zero-order chi connectivity index (χ0) is 10.7. The minimum atomic E-state index is -0.636. The van der Waals surface area contributed by atoms with E-state index in [1.165, 1.54) is 0 Å². The van der Waals surface area contributed by atoms with Gasteiger partial charge in [-0.3, -0.25) is 0 Å². The Morgan fingerprint density at radius 2 is 1.80 bits per heavy atom. The molecule has 1 aromatic carbocycles. The molecule has 0 radical (unpaired) electrons. The van der Waals surface area contributed by atoms with Crippen molar-refractivity contribution in [3.05, 3.63) is 34.9 Å². The number of hydrogen-bond donors (Lipinski definition) is 0. The predicted octanol–water partition coefficient (Wildman–Crippen LogP) is 3.32. The lowest BCUT2D eigenvalue weighted by Gasteiger charge is -2.36. The van der Waals surface area contributed by atoms with E-state index >= 15 is 0 Å². The molecular formula is C11H12BrClO2. The van der Waals surface area contributed by atoms with Gasteiger partial charge in [-0.2, -0.15) is 0 Å². The third-order valence-electron chi connectivity index (χ3n) is 2.42. The number of benzene rings is 1. The van der Waals surface area contributed by atoms with Gasteiger partial charge in [-0.15, -0.1) is 0 Å². The zero-order valence-electron chi connectivity index (χ0n) is 8.21. The maximum atomic E-state index is 5.85. The van der Waals surface area contributed by atoms with Crippen molar-refractivity contribution in [3.8, 4) is 0 Å². The SMILES string of the molecule is Clc1ccc(C2(CBr)OCCCO2)cc1. The summed E-state index contributed by atoms with van der Waals surface area (Å²) in [6.45, 7) is 1.46. The average molecular weight is 292 g/mol. The highest BCUT2D eigenvalue weighted by Gasteiger charge is 2.35. The first kappa shape index (κ1) is 11.4. The molecule has 0 bridgehead atoms. The summed E-state index contributed by atoms with van der Waals surface area (Å²) in [6, 6.07) is 7.58. The smallest absolute Gasteiger partial charge is 0.204 e. The molecule has 1 saturated heterocycles. The fraction of sp³-hybridized carbons (Fsp3) is 0.455. The van der Waals surface area contributed by atoms with Gasteiger partial charge in [-0.05, 0) is 18.6 Å². The first-order valence-electron chi connectivity index (χ1n) is 4.87. The van der Waals surface area contributed by atoms with Gasteiger partial charge in [0.15, 0.2) is 0 Å². The summed E-state index contributed by atoms with van der Waals surface area (Å²) in [5.41, 5.74) is 1.00. The van der Waals surface area contributed by atoms with Crippen LogP contribution in [0.25, 0.3) is 0 Å². The topological polar surface area (TPSA) is 18.5 Å². The Kier molecular flexibility index (Phi) is 3.67. The van der Waals surface area contributed by atoms with E-state index < -0.39 is 5.79 Å². The Morgan fingerprint density at radius 1 is 1.20 bits per heavy atom. The summed E-state index contributed by atoms with van der Waals surface area (Å²) in [5, 5.41) is 1.35. The largest absolute Gasteiger partial charge is 0.345 e. The van der Waals surface area contributed by atoms with Crippen LogP contribution in [0, 0.1) is 0 Å². The van der Waals surface area contributed by atoms with Crippen molar-refractivity contribution in [2.75, 3.05) is 18.5 Å². The van der Waals surface area contributed by atoms with Gasteiger partial charge in [0.2, 0.25) is 5.79 Å². The van der Waals surface area contributed by atoms with E-state index in [1.807, 2.05) is 24.3 Å². The lowest BCUT2D eigenvalue weighted by atomic mass is 10.1. The van der Waals surface area contributed by atoms with E-state index in [2.05, 4.69) is 15.9 Å². The van der Waals surface area contributed by atoms with Crippen molar-refractivity contribution >= 4 is 27.5 Å². The van der Waals surface area contributed by atoms with E-state index in [4.69, 9.17) is 21.1 Å². The molecule has 2 nitrogen and oxygen atoms in total. The first-order valence-corrected chi connectivity index (χ1v) is 6.37. The Labute approximate surface area is 103 Å². The molecule has 0 spiro atoms. The summed E-state index contributed by atoms with van der Waals surface area (Å²) >= 11 is 9.29. The molecule has 1 aliphatic rings. The van der Waals surface area contributed by atoms with E-state index in [0.29, 0.717) is 5.33 Å². The molecule has 0 unspecified atom stereocenters. The van der Waals surface area contributed by atoms with E-state index in [-0.39, 0.29) is 0 Å². The maximum Gasteiger partial charge on any atom is 0.204 e. The number of halogens is 2. The van der Waals surface area contributed by atoms with Gasteiger partial charge in [0.1, 0.15) is 0 Å². The molecule has 4 heteroatoms. The second-order valence-corrected chi connectivity index (χ2v) is 4.44. The van der Waals surface area contributed by atoms with Crippen molar-refractivity contribution in [1.29, 1.82) is 0 Å². The van der Waals surface area contributed by atoms with Crippen molar-refractivity contribution in [2.24, 2.45) is 0 Å². The van der Waals surface area contributed by atoms with Gasteiger partial charge in [-0.25, -0.2) is 0 Å². The molecule has 15 heavy (non-hydrogen) atoms. The molecule has 1 aliphatic heterocycles. The first-order chi connectivity index (χ1) is 7.27. The zero-order valence-corrected chi connectivity index (χ0v) is 10.6. The monoisotopic (exact) mass is 290 g/mol. The molecule has 0 saturated carbocycles. The molecule has 0 aliphatic carbocycles. The molecule has 1 heterocycles. The van der Waals surface area contributed by atoms with Crippen LogP contribution in [0.2, 0.25) is 5.02 Å². The minimum Gasteiger partial charge on any atom is -0.345 e. The molecular weight excluding hydrogens is 279 g/mol. The van der Waals surface area contributed by atoms with Crippen LogP contribution in [0.15, 0.2) is 24.3 Å². The lowest BCUT2D eigenvalue weighted by Crippen LogP contribution is -2.39. The minimum absolute atomic E-state index is 0.627. The van der Waals surface area contributed by atoms with Crippen LogP contribution < -0.4 is 0 Å². The fourth-order valence-electron chi connectivity index (χ4n) is 1.60. The Hall–Kier alpha value is -0.0900. The van der Waals surface area contributed by atoms with E-state index in [9.17, 15) is 0 Å². The summed E-state index contributed by atoms with van der Waals surface area (Å²) in [5.74, 6) is -0.636. The average Bonchev–Trinajstić information content (AvgIpc) is 2.31. The number of hydrogen-bond acceptors (Lipinski definition) is 2. The van der Waals surface area contributed by atoms with Crippen molar-refractivity contribution in [2.45, 2.75) is 12.2 Å². The number of alkyl halides is 1. The number of ether oxygens (including phenoxy) is 2. The second kappa shape index (κ2) is 4.83. The highest BCUT2D eigenvalue weighted by Crippen LogP contribution is 2.33. The van der Waals surface area contributed by atoms with Crippen LogP contribution in [0.1, 0.15) is 12.0 Å². The molecule has 1 fully saturated rings. The normalized spacial score (nSPS) is 20.1. The molecule has 0 atom stereocenters. The van der Waals surface area contributed by atoms with Gasteiger partial charge in [0, 0.05) is 10.6 Å². The highest BCUT2D eigenvalue weighted by molar-refractivity contribution is 9.09. The Balaban J connectivity index is 2.28. The van der Waals surface area contributed by atoms with Crippen LogP contribution >= 0.6 is 27.5 Å². The maximum absolute atomic E-state index is 5.85. The molecule has 0 amide bonds. The van der Waals surface area contributed by atoms with E-state index in [1.54, 1.807) is 0 Å². The standard InChI is InChI=1S/C11H12BrClO2/c12-8-11(14-6-1-7-15-11)9-2-4-10(13)5-3-9/h2-5H,1,6-8H2. The summed E-state index contributed by atoms with van der Waals surface area (Å²) in [4.78, 5) is 0. The molecule has 82 valence electrons. The Bertz CT molecular complexity index is 320. The summed E-state index contributed by atoms with van der Waals surface area (Å²) < 4.78 is 11.5. The van der Waals surface area contributed by atoms with Gasteiger partial charge < -0.3 is 9.47 Å². The number of rotatable bonds is 2. The molecule has 2 rings (SSSR count). The van der Waals surface area contributed by atoms with Gasteiger partial charge in [0.25, 0.3) is 0 Å². The van der Waals surface area contributed by atoms with Crippen molar-refractivity contribution in [3.63, 3.8) is 0 Å². The summed E-state index contributed by atoms with van der Waals surface area (Å²) in [7, 11) is 0. The van der Waals surface area contributed by atoms with Crippen LogP contribution in [0.4, 0.5) is 0 Å². The molecule has 0 aromatic heterocycles. The second-order valence-electron chi connectivity index (χ2n) is 3.44. The lowest BCUT2D eigenvalue weighted by molar-refractivity contribution is -0.260. The molecule has 1 aromatic rings. The third kappa shape index (κ3) is 2.36. The fourth-order valence-corrected chi connectivity index (χ4v) is 2.37. The summed E-state index contributed by atoms with van der Waals surface area (Å²) in [6.07, 6.45) is 0.947. The third-order valence-corrected chi connectivity index (χ3v) is 3.41. The highest BCUT2D eigenvalue weighted by atomic mass is 79.9.